The van der Waals surface area contributed by atoms with Crippen molar-refractivity contribution in [2.75, 3.05) is 0 Å². The normalized spacial score (nSPS) is 13.9. The highest BCUT2D eigenvalue weighted by Gasteiger charge is 2.29. The average Bonchev–Trinajstić information content (AvgIpc) is 2.46. The van der Waals surface area contributed by atoms with Crippen molar-refractivity contribution in [3.63, 3.8) is 0 Å². The van der Waals surface area contributed by atoms with E-state index in [1.165, 1.54) is 0 Å². The first-order valence-corrected chi connectivity index (χ1v) is 6.93. The van der Waals surface area contributed by atoms with Crippen molar-refractivity contribution in [3.8, 4) is 17.6 Å². The zero-order valence-corrected chi connectivity index (χ0v) is 12.6. The molecule has 0 bridgehead atoms. The second kappa shape index (κ2) is 5.63. The summed E-state index contributed by atoms with van der Waals surface area (Å²) in [5.41, 5.74) is -0.238. The number of benzene rings is 2. The summed E-state index contributed by atoms with van der Waals surface area (Å²) in [5, 5.41) is 20.6. The lowest BCUT2D eigenvalue weighted by atomic mass is 9.85. The Kier molecular flexibility index (Phi) is 4.06. The Balaban J connectivity index is 2.58. The van der Waals surface area contributed by atoms with Gasteiger partial charge in [0.2, 0.25) is 0 Å². The monoisotopic (exact) mass is 280 g/mol. The van der Waals surface area contributed by atoms with Gasteiger partial charge in [-0.1, -0.05) is 54.3 Å². The van der Waals surface area contributed by atoms with Crippen LogP contribution in [0.2, 0.25) is 0 Å². The van der Waals surface area contributed by atoms with Gasteiger partial charge in [0.25, 0.3) is 0 Å². The smallest absolute Gasteiger partial charge is 0.176 e. The van der Waals surface area contributed by atoms with E-state index < -0.39 is 5.60 Å². The fourth-order valence-electron chi connectivity index (χ4n) is 1.97. The first-order chi connectivity index (χ1) is 9.81. The number of hydrogen-bond acceptors (Lipinski definition) is 2. The van der Waals surface area contributed by atoms with E-state index in [0.29, 0.717) is 11.1 Å². The molecule has 0 fully saturated rings. The lowest BCUT2D eigenvalue weighted by Crippen LogP contribution is -2.25. The van der Waals surface area contributed by atoms with Crippen molar-refractivity contribution < 1.29 is 10.2 Å². The van der Waals surface area contributed by atoms with Crippen molar-refractivity contribution in [1.82, 2.24) is 0 Å². The molecule has 21 heavy (non-hydrogen) atoms. The molecule has 2 aromatic carbocycles. The molecule has 1 atom stereocenters. The lowest BCUT2D eigenvalue weighted by Gasteiger charge is -2.24. The van der Waals surface area contributed by atoms with Gasteiger partial charge in [0.05, 0.1) is 0 Å². The molecule has 0 aliphatic rings. The molecule has 0 aliphatic carbocycles. The predicted octanol–water partition coefficient (Wildman–Crippen LogP) is 3.68. The molecule has 0 amide bonds. The Morgan fingerprint density at radius 2 is 1.29 bits per heavy atom. The van der Waals surface area contributed by atoms with Gasteiger partial charge in [0.15, 0.2) is 5.60 Å². The van der Waals surface area contributed by atoms with E-state index in [0.717, 1.165) is 0 Å². The molecule has 0 heterocycles. The van der Waals surface area contributed by atoms with Crippen LogP contribution in [-0.4, -0.2) is 10.2 Å². The van der Waals surface area contributed by atoms with E-state index in [1.807, 2.05) is 51.1 Å². The molecular weight excluding hydrogens is 260 g/mol. The number of aliphatic hydroxyl groups is 1. The Labute approximate surface area is 126 Å². The van der Waals surface area contributed by atoms with Gasteiger partial charge in [-0.05, 0) is 32.9 Å². The van der Waals surface area contributed by atoms with Crippen LogP contribution in [0, 0.1) is 17.3 Å². The molecule has 2 N–H and O–H groups in total. The third kappa shape index (κ3) is 3.65. The van der Waals surface area contributed by atoms with Gasteiger partial charge in [-0.25, -0.2) is 0 Å². The minimum atomic E-state index is -1.39. The third-order valence-corrected chi connectivity index (χ3v) is 3.10. The maximum atomic E-state index is 11.2. The summed E-state index contributed by atoms with van der Waals surface area (Å²) in [6.45, 7) is 6.01. The molecule has 2 aromatic rings. The van der Waals surface area contributed by atoms with Crippen molar-refractivity contribution in [1.29, 1.82) is 0 Å². The first-order valence-electron chi connectivity index (χ1n) is 6.93. The molecule has 2 rings (SSSR count). The Morgan fingerprint density at radius 3 is 1.81 bits per heavy atom. The van der Waals surface area contributed by atoms with Gasteiger partial charge < -0.3 is 10.2 Å². The lowest BCUT2D eigenvalue weighted by molar-refractivity contribution is 0.144. The van der Waals surface area contributed by atoms with Gasteiger partial charge in [0, 0.05) is 16.5 Å². The van der Waals surface area contributed by atoms with E-state index in [1.54, 1.807) is 24.3 Å². The predicted molar refractivity (Wildman–Crippen MR) is 84.8 cm³/mol. The molecule has 0 spiro atoms. The average molecular weight is 280 g/mol. The van der Waals surface area contributed by atoms with Crippen LogP contribution in [0.25, 0.3) is 0 Å². The number of phenolic OH excluding ortho intramolecular Hbond substituents is 1. The van der Waals surface area contributed by atoms with E-state index in [4.69, 9.17) is 0 Å². The number of phenols is 1. The first kappa shape index (κ1) is 15.2. The van der Waals surface area contributed by atoms with Crippen LogP contribution in [0.5, 0.6) is 5.75 Å². The molecule has 0 aromatic heterocycles. The van der Waals surface area contributed by atoms with Crippen LogP contribution in [0.1, 0.15) is 31.9 Å². The Morgan fingerprint density at radius 1 is 0.762 bits per heavy atom. The molecule has 0 saturated carbocycles. The van der Waals surface area contributed by atoms with Crippen LogP contribution in [0.4, 0.5) is 0 Å². The maximum Gasteiger partial charge on any atom is 0.176 e. The van der Waals surface area contributed by atoms with E-state index >= 15 is 0 Å². The van der Waals surface area contributed by atoms with Gasteiger partial charge in [-0.3, -0.25) is 0 Å². The molecule has 2 nitrogen and oxygen atoms in total. The zero-order valence-electron chi connectivity index (χ0n) is 12.6. The summed E-state index contributed by atoms with van der Waals surface area (Å²) in [6, 6.07) is 15.9. The highest BCUT2D eigenvalue weighted by Crippen LogP contribution is 2.30. The fourth-order valence-corrected chi connectivity index (χ4v) is 1.97. The van der Waals surface area contributed by atoms with Crippen molar-refractivity contribution in [2.24, 2.45) is 5.41 Å². The van der Waals surface area contributed by atoms with Crippen LogP contribution in [0.3, 0.4) is 0 Å². The Hall–Kier alpha value is -2.24. The molecule has 108 valence electrons. The summed E-state index contributed by atoms with van der Waals surface area (Å²) >= 11 is 0. The fraction of sp³-hybridized carbons (Fsp3) is 0.263. The zero-order chi connectivity index (χ0) is 15.5. The van der Waals surface area contributed by atoms with Crippen LogP contribution >= 0.6 is 0 Å². The van der Waals surface area contributed by atoms with Crippen molar-refractivity contribution in [2.45, 2.75) is 26.4 Å². The second-order valence-corrected chi connectivity index (χ2v) is 6.12. The standard InChI is InChI=1S/C19H20O2/c1-18(2,3)13-14-19(21,15-7-5-4-6-8-15)16-9-11-17(20)12-10-16/h4-12,20-21H,1-3H3. The maximum absolute atomic E-state index is 11.2. The summed E-state index contributed by atoms with van der Waals surface area (Å²) < 4.78 is 0. The van der Waals surface area contributed by atoms with Crippen molar-refractivity contribution >= 4 is 0 Å². The highest BCUT2D eigenvalue weighted by molar-refractivity contribution is 5.46. The van der Waals surface area contributed by atoms with Gasteiger partial charge in [0.1, 0.15) is 5.75 Å². The molecule has 2 heteroatoms. The van der Waals surface area contributed by atoms with Gasteiger partial charge >= 0.3 is 0 Å². The second-order valence-electron chi connectivity index (χ2n) is 6.12. The minimum Gasteiger partial charge on any atom is -0.508 e. The summed E-state index contributed by atoms with van der Waals surface area (Å²) in [7, 11) is 0. The SMILES string of the molecule is CC(C)(C)C#CC(O)(c1ccccc1)c1ccc(O)cc1. The van der Waals surface area contributed by atoms with Gasteiger partial charge in [-0.15, -0.1) is 0 Å². The third-order valence-electron chi connectivity index (χ3n) is 3.10. The topological polar surface area (TPSA) is 40.5 Å². The highest BCUT2D eigenvalue weighted by atomic mass is 16.3. The number of rotatable bonds is 2. The van der Waals surface area contributed by atoms with Crippen molar-refractivity contribution in [3.05, 3.63) is 65.7 Å². The molecule has 0 radical (unpaired) electrons. The molecule has 1 unspecified atom stereocenters. The quantitative estimate of drug-likeness (QED) is 0.824. The van der Waals surface area contributed by atoms with Crippen LogP contribution in [-0.2, 0) is 5.60 Å². The largest absolute Gasteiger partial charge is 0.508 e. The summed E-state index contributed by atoms with van der Waals surface area (Å²) in [4.78, 5) is 0. The molecule has 0 saturated heterocycles. The number of hydrogen-bond donors (Lipinski definition) is 2. The summed E-state index contributed by atoms with van der Waals surface area (Å²) in [6.07, 6.45) is 0. The van der Waals surface area contributed by atoms with Crippen LogP contribution < -0.4 is 0 Å². The van der Waals surface area contributed by atoms with Gasteiger partial charge in [-0.2, -0.15) is 0 Å². The Bertz CT molecular complexity index is 655. The summed E-state index contributed by atoms with van der Waals surface area (Å²) in [5.74, 6) is 6.29. The van der Waals surface area contributed by atoms with Crippen LogP contribution in [0.15, 0.2) is 54.6 Å². The minimum absolute atomic E-state index is 0.165. The molecular formula is C19H20O2. The molecule has 0 aliphatic heterocycles. The van der Waals surface area contributed by atoms with E-state index in [2.05, 4.69) is 11.8 Å². The van der Waals surface area contributed by atoms with E-state index in [-0.39, 0.29) is 11.2 Å². The van der Waals surface area contributed by atoms with E-state index in [9.17, 15) is 10.2 Å². The number of aromatic hydroxyl groups is 1.